The first-order chi connectivity index (χ1) is 8.54. The molecule has 0 aliphatic heterocycles. The summed E-state index contributed by atoms with van der Waals surface area (Å²) in [7, 11) is 2.06. The Balaban J connectivity index is 2.42. The van der Waals surface area contributed by atoms with E-state index in [0.29, 0.717) is 6.54 Å². The van der Waals surface area contributed by atoms with Crippen molar-refractivity contribution in [2.75, 3.05) is 33.2 Å². The maximum absolute atomic E-state index is 12.3. The predicted octanol–water partition coefficient (Wildman–Crippen LogP) is 1.21. The highest BCUT2D eigenvalue weighted by Crippen LogP contribution is 2.38. The summed E-state index contributed by atoms with van der Waals surface area (Å²) in [4.78, 5) is 14.5. The fourth-order valence-electron chi connectivity index (χ4n) is 2.54. The van der Waals surface area contributed by atoms with Crippen molar-refractivity contribution in [1.82, 2.24) is 10.2 Å². The van der Waals surface area contributed by atoms with Crippen molar-refractivity contribution in [1.29, 1.82) is 0 Å². The average molecular weight is 255 g/mol. The molecule has 0 saturated heterocycles. The molecule has 0 spiro atoms. The van der Waals surface area contributed by atoms with Crippen LogP contribution in [0.5, 0.6) is 0 Å². The molecule has 0 bridgehead atoms. The maximum atomic E-state index is 12.3. The molecule has 1 amide bonds. The van der Waals surface area contributed by atoms with Gasteiger partial charge in [0.2, 0.25) is 5.91 Å². The molecule has 3 N–H and O–H groups in total. The highest BCUT2D eigenvalue weighted by atomic mass is 16.2. The number of amides is 1. The molecule has 1 aliphatic rings. The first kappa shape index (κ1) is 15.4. The van der Waals surface area contributed by atoms with E-state index >= 15 is 0 Å². The van der Waals surface area contributed by atoms with Crippen molar-refractivity contribution >= 4 is 5.91 Å². The zero-order valence-electron chi connectivity index (χ0n) is 12.2. The van der Waals surface area contributed by atoms with E-state index in [4.69, 9.17) is 5.73 Å². The second-order valence-electron chi connectivity index (χ2n) is 5.82. The molecule has 1 aliphatic carbocycles. The molecule has 18 heavy (non-hydrogen) atoms. The number of hydrogen-bond donors (Lipinski definition) is 2. The zero-order chi connectivity index (χ0) is 13.6. The van der Waals surface area contributed by atoms with Crippen molar-refractivity contribution in [2.45, 2.75) is 39.5 Å². The summed E-state index contributed by atoms with van der Waals surface area (Å²) in [6.07, 6.45) is 4.14. The summed E-state index contributed by atoms with van der Waals surface area (Å²) in [5.41, 5.74) is 5.58. The number of nitrogens with zero attached hydrogens (tertiary/aromatic N) is 1. The van der Waals surface area contributed by atoms with Crippen molar-refractivity contribution < 1.29 is 4.79 Å². The minimum atomic E-state index is -0.294. The van der Waals surface area contributed by atoms with Gasteiger partial charge in [0.05, 0.1) is 5.41 Å². The minimum absolute atomic E-state index is 0.168. The second kappa shape index (κ2) is 7.10. The van der Waals surface area contributed by atoms with Gasteiger partial charge in [-0.15, -0.1) is 0 Å². The summed E-state index contributed by atoms with van der Waals surface area (Å²) in [6.45, 7) is 7.49. The summed E-state index contributed by atoms with van der Waals surface area (Å²) in [5, 5.41) is 3.06. The van der Waals surface area contributed by atoms with Crippen LogP contribution in [0.1, 0.15) is 39.5 Å². The van der Waals surface area contributed by atoms with E-state index in [-0.39, 0.29) is 11.3 Å². The summed E-state index contributed by atoms with van der Waals surface area (Å²) < 4.78 is 0. The van der Waals surface area contributed by atoms with E-state index in [2.05, 4.69) is 31.1 Å². The quantitative estimate of drug-likeness (QED) is 0.750. The van der Waals surface area contributed by atoms with Gasteiger partial charge in [0.25, 0.3) is 0 Å². The summed E-state index contributed by atoms with van der Waals surface area (Å²) in [5.74, 6) is 0.908. The lowest BCUT2D eigenvalue weighted by Gasteiger charge is -2.37. The molecular weight excluding hydrogens is 226 g/mol. The Labute approximate surface area is 111 Å². The molecule has 4 heteroatoms. The molecule has 0 aromatic rings. The lowest BCUT2D eigenvalue weighted by Crippen LogP contribution is -2.49. The number of hydrogen-bond acceptors (Lipinski definition) is 3. The summed E-state index contributed by atoms with van der Waals surface area (Å²) in [6, 6.07) is 0. The number of likely N-dealkylation sites (N-methyl/N-ethyl adjacent to an activating group) is 1. The number of rotatable bonds is 6. The lowest BCUT2D eigenvalue weighted by atomic mass is 9.70. The maximum Gasteiger partial charge on any atom is 0.227 e. The monoisotopic (exact) mass is 255 g/mol. The molecule has 0 unspecified atom stereocenters. The van der Waals surface area contributed by atoms with Crippen LogP contribution in [0.4, 0.5) is 0 Å². The molecule has 1 saturated carbocycles. The first-order valence-corrected chi connectivity index (χ1v) is 7.21. The normalized spacial score (nSPS) is 28.4. The molecule has 0 radical (unpaired) electrons. The SMILES string of the molecule is CCN(C)CCNC(=O)C1(CN)CCC(C)CC1. The zero-order valence-corrected chi connectivity index (χ0v) is 12.2. The molecular formula is C14H29N3O. The highest BCUT2D eigenvalue weighted by Gasteiger charge is 2.39. The molecule has 0 heterocycles. The average Bonchev–Trinajstić information content (AvgIpc) is 2.39. The molecule has 0 atom stereocenters. The lowest BCUT2D eigenvalue weighted by molar-refractivity contribution is -0.132. The third-order valence-electron chi connectivity index (χ3n) is 4.42. The Kier molecular flexibility index (Phi) is 6.09. The van der Waals surface area contributed by atoms with Crippen molar-refractivity contribution in [3.63, 3.8) is 0 Å². The molecule has 1 rings (SSSR count). The van der Waals surface area contributed by atoms with E-state index in [1.54, 1.807) is 0 Å². The fourth-order valence-corrected chi connectivity index (χ4v) is 2.54. The number of nitrogens with two attached hydrogens (primary N) is 1. The Hall–Kier alpha value is -0.610. The molecule has 106 valence electrons. The smallest absolute Gasteiger partial charge is 0.227 e. The number of carbonyl (C=O) groups is 1. The van der Waals surface area contributed by atoms with Crippen molar-refractivity contribution in [3.05, 3.63) is 0 Å². The van der Waals surface area contributed by atoms with Crippen molar-refractivity contribution in [2.24, 2.45) is 17.1 Å². The number of carbonyl (C=O) groups excluding carboxylic acids is 1. The van der Waals surface area contributed by atoms with Gasteiger partial charge in [-0.05, 0) is 45.2 Å². The van der Waals surface area contributed by atoms with Gasteiger partial charge >= 0.3 is 0 Å². The topological polar surface area (TPSA) is 58.4 Å². The molecule has 1 fully saturated rings. The van der Waals surface area contributed by atoms with Gasteiger partial charge in [0, 0.05) is 19.6 Å². The van der Waals surface area contributed by atoms with E-state index < -0.39 is 0 Å². The van der Waals surface area contributed by atoms with Gasteiger partial charge in [-0.3, -0.25) is 4.79 Å². The van der Waals surface area contributed by atoms with E-state index in [9.17, 15) is 4.79 Å². The van der Waals surface area contributed by atoms with Crippen LogP contribution < -0.4 is 11.1 Å². The van der Waals surface area contributed by atoms with Crippen LogP contribution in [-0.2, 0) is 4.79 Å². The third kappa shape index (κ3) is 3.95. The predicted molar refractivity (Wildman–Crippen MR) is 75.3 cm³/mol. The van der Waals surface area contributed by atoms with Crippen LogP contribution in [0, 0.1) is 11.3 Å². The van der Waals surface area contributed by atoms with Crippen LogP contribution in [-0.4, -0.2) is 44.0 Å². The second-order valence-corrected chi connectivity index (χ2v) is 5.82. The van der Waals surface area contributed by atoms with Crippen LogP contribution in [0.15, 0.2) is 0 Å². The van der Waals surface area contributed by atoms with Crippen LogP contribution in [0.2, 0.25) is 0 Å². The van der Waals surface area contributed by atoms with E-state index in [1.807, 2.05) is 0 Å². The Morgan fingerprint density at radius 1 is 1.44 bits per heavy atom. The van der Waals surface area contributed by atoms with Crippen LogP contribution in [0.25, 0.3) is 0 Å². The Morgan fingerprint density at radius 2 is 2.06 bits per heavy atom. The Morgan fingerprint density at radius 3 is 2.56 bits per heavy atom. The largest absolute Gasteiger partial charge is 0.354 e. The van der Waals surface area contributed by atoms with Gasteiger partial charge in [-0.25, -0.2) is 0 Å². The molecule has 0 aromatic heterocycles. The molecule has 4 nitrogen and oxygen atoms in total. The minimum Gasteiger partial charge on any atom is -0.354 e. The van der Waals surface area contributed by atoms with Gasteiger partial charge in [-0.1, -0.05) is 13.8 Å². The number of nitrogens with one attached hydrogen (secondary N) is 1. The fraction of sp³-hybridized carbons (Fsp3) is 0.929. The van der Waals surface area contributed by atoms with E-state index in [0.717, 1.165) is 51.2 Å². The van der Waals surface area contributed by atoms with Gasteiger partial charge in [0.15, 0.2) is 0 Å². The standard InChI is InChI=1S/C14H29N3O/c1-4-17(3)10-9-16-13(18)14(11-15)7-5-12(2)6-8-14/h12H,4-11,15H2,1-3H3,(H,16,18). The Bertz CT molecular complexity index is 260. The van der Waals surface area contributed by atoms with Gasteiger partial charge < -0.3 is 16.0 Å². The highest BCUT2D eigenvalue weighted by molar-refractivity contribution is 5.83. The first-order valence-electron chi connectivity index (χ1n) is 7.21. The van der Waals surface area contributed by atoms with Crippen LogP contribution in [0.3, 0.4) is 0 Å². The van der Waals surface area contributed by atoms with Crippen LogP contribution >= 0.6 is 0 Å². The van der Waals surface area contributed by atoms with Crippen molar-refractivity contribution in [3.8, 4) is 0 Å². The van der Waals surface area contributed by atoms with Gasteiger partial charge in [0.1, 0.15) is 0 Å². The van der Waals surface area contributed by atoms with Gasteiger partial charge in [-0.2, -0.15) is 0 Å². The summed E-state index contributed by atoms with van der Waals surface area (Å²) >= 11 is 0. The van der Waals surface area contributed by atoms with E-state index in [1.165, 1.54) is 0 Å². The third-order valence-corrected chi connectivity index (χ3v) is 4.42. The molecule has 0 aromatic carbocycles.